The molecular formula is C20H23FN2O. The smallest absolute Gasteiger partial charge is 0.123 e. The first-order valence-electron chi connectivity index (χ1n) is 8.74. The second kappa shape index (κ2) is 7.01. The van der Waals surface area contributed by atoms with Crippen molar-refractivity contribution in [3.8, 4) is 0 Å². The lowest BCUT2D eigenvalue weighted by molar-refractivity contribution is -0.0661. The first kappa shape index (κ1) is 15.8. The molecule has 2 aromatic rings. The number of fused-ring (bicyclic) bond motifs is 1. The van der Waals surface area contributed by atoms with Gasteiger partial charge in [0.05, 0.1) is 6.04 Å². The summed E-state index contributed by atoms with van der Waals surface area (Å²) in [4.78, 5) is 2.42. The van der Waals surface area contributed by atoms with Crippen molar-refractivity contribution in [1.82, 2.24) is 10.2 Å². The molecule has 0 unspecified atom stereocenters. The summed E-state index contributed by atoms with van der Waals surface area (Å²) in [5.41, 5.74) is 3.81. The van der Waals surface area contributed by atoms with E-state index >= 15 is 0 Å². The van der Waals surface area contributed by atoms with E-state index in [9.17, 15) is 4.39 Å². The molecular weight excluding hydrogens is 303 g/mol. The van der Waals surface area contributed by atoms with Crippen LogP contribution in [0.1, 0.15) is 29.2 Å². The molecule has 0 aliphatic carbocycles. The fourth-order valence-electron chi connectivity index (χ4n) is 3.83. The van der Waals surface area contributed by atoms with Crippen LogP contribution in [0, 0.1) is 5.82 Å². The fraction of sp³-hybridized carbons (Fsp3) is 0.400. The third kappa shape index (κ3) is 3.09. The van der Waals surface area contributed by atoms with Crippen LogP contribution in [0.3, 0.4) is 0 Å². The average Bonchev–Trinajstić information content (AvgIpc) is 2.91. The van der Waals surface area contributed by atoms with Crippen LogP contribution in [-0.2, 0) is 11.2 Å². The second-order valence-corrected chi connectivity index (χ2v) is 6.52. The van der Waals surface area contributed by atoms with Gasteiger partial charge in [-0.1, -0.05) is 36.4 Å². The predicted molar refractivity (Wildman–Crippen MR) is 92.3 cm³/mol. The first-order chi connectivity index (χ1) is 11.8. The van der Waals surface area contributed by atoms with Gasteiger partial charge in [0.1, 0.15) is 12.0 Å². The van der Waals surface area contributed by atoms with Gasteiger partial charge in [0.2, 0.25) is 0 Å². The van der Waals surface area contributed by atoms with Crippen LogP contribution in [0.15, 0.2) is 48.5 Å². The van der Waals surface area contributed by atoms with Crippen molar-refractivity contribution < 1.29 is 9.13 Å². The lowest BCUT2D eigenvalue weighted by Gasteiger charge is -2.42. The number of hydrogen-bond acceptors (Lipinski definition) is 3. The van der Waals surface area contributed by atoms with Gasteiger partial charge in [-0.3, -0.25) is 4.90 Å². The minimum Gasteiger partial charge on any atom is -0.362 e. The van der Waals surface area contributed by atoms with E-state index in [0.29, 0.717) is 0 Å². The zero-order valence-corrected chi connectivity index (χ0v) is 13.7. The lowest BCUT2D eigenvalue weighted by atomic mass is 9.88. The van der Waals surface area contributed by atoms with Crippen LogP contribution in [0.25, 0.3) is 0 Å². The van der Waals surface area contributed by atoms with Gasteiger partial charge in [0.15, 0.2) is 0 Å². The van der Waals surface area contributed by atoms with Crippen molar-refractivity contribution in [3.63, 3.8) is 0 Å². The molecule has 2 aromatic carbocycles. The van der Waals surface area contributed by atoms with Crippen LogP contribution in [0.4, 0.5) is 4.39 Å². The molecule has 2 aliphatic rings. The van der Waals surface area contributed by atoms with Gasteiger partial charge in [-0.2, -0.15) is 0 Å². The number of nitrogens with one attached hydrogen (secondary N) is 1. The number of halogens is 1. The Hall–Kier alpha value is -1.75. The molecule has 3 nitrogen and oxygen atoms in total. The highest BCUT2D eigenvalue weighted by molar-refractivity contribution is 5.39. The van der Waals surface area contributed by atoms with Crippen molar-refractivity contribution in [1.29, 1.82) is 0 Å². The van der Waals surface area contributed by atoms with Gasteiger partial charge < -0.3 is 10.1 Å². The van der Waals surface area contributed by atoms with Crippen molar-refractivity contribution >= 4 is 0 Å². The van der Waals surface area contributed by atoms with E-state index in [4.69, 9.17) is 4.74 Å². The number of nitrogens with zero attached hydrogens (tertiary/aromatic N) is 1. The zero-order valence-electron chi connectivity index (χ0n) is 13.7. The van der Waals surface area contributed by atoms with E-state index in [0.717, 1.165) is 44.6 Å². The Morgan fingerprint density at radius 1 is 1.08 bits per heavy atom. The molecule has 0 bridgehead atoms. The standard InChI is InChI=1S/C20H23FN2O/c21-17-8-6-16(7-9-17)20-18-5-2-1-4-15(18)10-12-23(20)19-14-22-11-3-13-24-19/h1-2,4-9,19-20,22H,3,10-14H2/t19-,20+/m1/s1. The van der Waals surface area contributed by atoms with Crippen molar-refractivity contribution in [2.75, 3.05) is 26.2 Å². The molecule has 2 heterocycles. The summed E-state index contributed by atoms with van der Waals surface area (Å²) in [6.07, 6.45) is 2.12. The lowest BCUT2D eigenvalue weighted by Crippen LogP contribution is -2.48. The summed E-state index contributed by atoms with van der Waals surface area (Å²) >= 11 is 0. The average molecular weight is 326 g/mol. The molecule has 1 N–H and O–H groups in total. The van der Waals surface area contributed by atoms with E-state index < -0.39 is 0 Å². The molecule has 1 saturated heterocycles. The molecule has 0 amide bonds. The summed E-state index contributed by atoms with van der Waals surface area (Å²) < 4.78 is 19.5. The Morgan fingerprint density at radius 3 is 2.79 bits per heavy atom. The number of ether oxygens (including phenoxy) is 1. The van der Waals surface area contributed by atoms with E-state index in [-0.39, 0.29) is 18.1 Å². The van der Waals surface area contributed by atoms with Crippen molar-refractivity contribution in [2.45, 2.75) is 25.1 Å². The molecule has 1 fully saturated rings. The maximum absolute atomic E-state index is 13.4. The molecule has 0 radical (unpaired) electrons. The summed E-state index contributed by atoms with van der Waals surface area (Å²) in [5.74, 6) is -0.193. The number of rotatable bonds is 2. The van der Waals surface area contributed by atoms with Crippen LogP contribution in [0.5, 0.6) is 0 Å². The molecule has 2 atom stereocenters. The molecule has 126 valence electrons. The fourth-order valence-corrected chi connectivity index (χ4v) is 3.83. The number of benzene rings is 2. The Balaban J connectivity index is 1.73. The quantitative estimate of drug-likeness (QED) is 0.918. The van der Waals surface area contributed by atoms with Gasteiger partial charge in [-0.05, 0) is 48.2 Å². The maximum Gasteiger partial charge on any atom is 0.123 e. The molecule has 4 rings (SSSR count). The Morgan fingerprint density at radius 2 is 1.92 bits per heavy atom. The molecule has 0 saturated carbocycles. The third-order valence-corrected chi connectivity index (χ3v) is 5.00. The van der Waals surface area contributed by atoms with E-state index in [1.165, 1.54) is 11.1 Å². The summed E-state index contributed by atoms with van der Waals surface area (Å²) in [7, 11) is 0. The minimum absolute atomic E-state index is 0.0518. The third-order valence-electron chi connectivity index (χ3n) is 5.00. The van der Waals surface area contributed by atoms with Crippen LogP contribution in [0.2, 0.25) is 0 Å². The second-order valence-electron chi connectivity index (χ2n) is 6.52. The van der Waals surface area contributed by atoms with Crippen molar-refractivity contribution in [3.05, 3.63) is 71.0 Å². The normalized spacial score (nSPS) is 25.0. The topological polar surface area (TPSA) is 24.5 Å². The highest BCUT2D eigenvalue weighted by Gasteiger charge is 2.34. The highest BCUT2D eigenvalue weighted by Crippen LogP contribution is 2.36. The molecule has 4 heteroatoms. The largest absolute Gasteiger partial charge is 0.362 e. The molecule has 24 heavy (non-hydrogen) atoms. The Kier molecular flexibility index (Phi) is 4.60. The van der Waals surface area contributed by atoms with Gasteiger partial charge in [-0.15, -0.1) is 0 Å². The monoisotopic (exact) mass is 326 g/mol. The van der Waals surface area contributed by atoms with Gasteiger partial charge in [0.25, 0.3) is 0 Å². The maximum atomic E-state index is 13.4. The Labute approximate surface area is 142 Å². The van der Waals surface area contributed by atoms with Crippen molar-refractivity contribution in [2.24, 2.45) is 0 Å². The van der Waals surface area contributed by atoms with Crippen LogP contribution in [-0.4, -0.2) is 37.4 Å². The van der Waals surface area contributed by atoms with E-state index in [1.807, 2.05) is 12.1 Å². The van der Waals surface area contributed by atoms with Crippen LogP contribution >= 0.6 is 0 Å². The number of hydrogen-bond donors (Lipinski definition) is 1. The predicted octanol–water partition coefficient (Wildman–Crippen LogP) is 3.11. The molecule has 2 aliphatic heterocycles. The van der Waals surface area contributed by atoms with E-state index in [2.05, 4.69) is 34.5 Å². The zero-order chi connectivity index (χ0) is 16.4. The van der Waals surface area contributed by atoms with Gasteiger partial charge in [0, 0.05) is 19.7 Å². The first-order valence-corrected chi connectivity index (χ1v) is 8.74. The van der Waals surface area contributed by atoms with Gasteiger partial charge in [-0.25, -0.2) is 4.39 Å². The SMILES string of the molecule is Fc1ccc([C@H]2c3ccccc3CCN2[C@H]2CNCCCO2)cc1. The minimum atomic E-state index is -0.193. The van der Waals surface area contributed by atoms with E-state index in [1.54, 1.807) is 12.1 Å². The molecule has 0 aromatic heterocycles. The summed E-state index contributed by atoms with van der Waals surface area (Å²) in [6.45, 7) is 3.57. The highest BCUT2D eigenvalue weighted by atomic mass is 19.1. The summed E-state index contributed by atoms with van der Waals surface area (Å²) in [6, 6.07) is 15.6. The Bertz CT molecular complexity index is 680. The molecule has 0 spiro atoms. The summed E-state index contributed by atoms with van der Waals surface area (Å²) in [5, 5.41) is 3.47. The van der Waals surface area contributed by atoms with Crippen LogP contribution < -0.4 is 5.32 Å². The van der Waals surface area contributed by atoms with Gasteiger partial charge >= 0.3 is 0 Å².